The molecular formula is C23H28F3N3O4S. The van der Waals surface area contributed by atoms with E-state index in [9.17, 15) is 31.2 Å². The Balaban J connectivity index is 2.45. The van der Waals surface area contributed by atoms with Gasteiger partial charge in [-0.3, -0.25) is 13.9 Å². The SMILES string of the molecule is CCNC(=O)C(C)N(Cc1ccccc1C)C(=O)CN(c1cccc(C(F)(F)F)c1)S(C)(=O)=O. The summed E-state index contributed by atoms with van der Waals surface area (Å²) in [5, 5.41) is 2.63. The summed E-state index contributed by atoms with van der Waals surface area (Å²) in [6.45, 7) is 4.64. The molecule has 0 aliphatic heterocycles. The summed E-state index contributed by atoms with van der Waals surface area (Å²) in [4.78, 5) is 27.1. The summed E-state index contributed by atoms with van der Waals surface area (Å²) >= 11 is 0. The Kier molecular flexibility index (Phi) is 8.71. The number of carbonyl (C=O) groups is 2. The van der Waals surface area contributed by atoms with Gasteiger partial charge in [0.1, 0.15) is 12.6 Å². The fraction of sp³-hybridized carbons (Fsp3) is 0.391. The first kappa shape index (κ1) is 27.2. The van der Waals surface area contributed by atoms with Crippen LogP contribution in [0.25, 0.3) is 0 Å². The minimum Gasteiger partial charge on any atom is -0.355 e. The lowest BCUT2D eigenvalue weighted by Gasteiger charge is -2.32. The molecule has 34 heavy (non-hydrogen) atoms. The molecule has 186 valence electrons. The molecule has 7 nitrogen and oxygen atoms in total. The Bertz CT molecular complexity index is 1140. The zero-order chi connectivity index (χ0) is 25.7. The maximum atomic E-state index is 13.3. The Morgan fingerprint density at radius 2 is 1.74 bits per heavy atom. The molecule has 0 saturated carbocycles. The minimum atomic E-state index is -4.69. The number of amides is 2. The predicted octanol–water partition coefficient (Wildman–Crippen LogP) is 3.33. The number of hydrogen-bond acceptors (Lipinski definition) is 4. The van der Waals surface area contributed by atoms with Crippen LogP contribution in [-0.2, 0) is 32.3 Å². The molecule has 1 N–H and O–H groups in total. The highest BCUT2D eigenvalue weighted by Gasteiger charge is 2.33. The van der Waals surface area contributed by atoms with Crippen molar-refractivity contribution < 1.29 is 31.2 Å². The number of carbonyl (C=O) groups excluding carboxylic acids is 2. The zero-order valence-corrected chi connectivity index (χ0v) is 20.2. The van der Waals surface area contributed by atoms with E-state index in [1.165, 1.54) is 17.9 Å². The van der Waals surface area contributed by atoms with E-state index in [1.807, 2.05) is 19.1 Å². The van der Waals surface area contributed by atoms with Crippen LogP contribution in [0.15, 0.2) is 48.5 Å². The van der Waals surface area contributed by atoms with E-state index in [2.05, 4.69) is 5.32 Å². The maximum Gasteiger partial charge on any atom is 0.416 e. The van der Waals surface area contributed by atoms with Gasteiger partial charge in [0.05, 0.1) is 17.5 Å². The van der Waals surface area contributed by atoms with Gasteiger partial charge in [-0.2, -0.15) is 13.2 Å². The number of aryl methyl sites for hydroxylation is 1. The number of rotatable bonds is 9. The van der Waals surface area contributed by atoms with Crippen LogP contribution in [0.5, 0.6) is 0 Å². The van der Waals surface area contributed by atoms with Crippen molar-refractivity contribution in [3.63, 3.8) is 0 Å². The first-order chi connectivity index (χ1) is 15.8. The summed E-state index contributed by atoms with van der Waals surface area (Å²) in [5.41, 5.74) is 0.268. The minimum absolute atomic E-state index is 0.0179. The number of nitrogens with one attached hydrogen (secondary N) is 1. The average molecular weight is 500 g/mol. The fourth-order valence-electron chi connectivity index (χ4n) is 3.33. The summed E-state index contributed by atoms with van der Waals surface area (Å²) in [6.07, 6.45) is -3.88. The third-order valence-electron chi connectivity index (χ3n) is 5.26. The smallest absolute Gasteiger partial charge is 0.355 e. The maximum absolute atomic E-state index is 13.3. The molecule has 2 aromatic rings. The molecule has 2 aromatic carbocycles. The van der Waals surface area contributed by atoms with E-state index in [1.54, 1.807) is 19.1 Å². The lowest BCUT2D eigenvalue weighted by Crippen LogP contribution is -2.51. The number of sulfonamides is 1. The molecule has 2 rings (SSSR count). The highest BCUT2D eigenvalue weighted by atomic mass is 32.2. The van der Waals surface area contributed by atoms with Crippen LogP contribution >= 0.6 is 0 Å². The van der Waals surface area contributed by atoms with Crippen LogP contribution in [0.1, 0.15) is 30.5 Å². The molecule has 11 heteroatoms. The van der Waals surface area contributed by atoms with Gasteiger partial charge in [0.2, 0.25) is 21.8 Å². The van der Waals surface area contributed by atoms with Gasteiger partial charge in [0.15, 0.2) is 0 Å². The van der Waals surface area contributed by atoms with E-state index in [0.29, 0.717) is 16.9 Å². The Labute approximate surface area is 197 Å². The van der Waals surface area contributed by atoms with Crippen LogP contribution in [0.3, 0.4) is 0 Å². The van der Waals surface area contributed by atoms with Crippen molar-refractivity contribution in [2.75, 3.05) is 23.7 Å². The summed E-state index contributed by atoms with van der Waals surface area (Å²) in [5.74, 6) is -1.17. The van der Waals surface area contributed by atoms with Crippen LogP contribution in [0.2, 0.25) is 0 Å². The molecule has 1 atom stereocenters. The first-order valence-corrected chi connectivity index (χ1v) is 12.4. The van der Waals surface area contributed by atoms with E-state index >= 15 is 0 Å². The van der Waals surface area contributed by atoms with Crippen LogP contribution in [-0.4, -0.2) is 50.5 Å². The fourth-order valence-corrected chi connectivity index (χ4v) is 4.17. The average Bonchev–Trinajstić information content (AvgIpc) is 2.75. The quantitative estimate of drug-likeness (QED) is 0.574. The van der Waals surface area contributed by atoms with E-state index in [0.717, 1.165) is 29.5 Å². The van der Waals surface area contributed by atoms with Crippen molar-refractivity contribution >= 4 is 27.5 Å². The van der Waals surface area contributed by atoms with Crippen molar-refractivity contribution in [2.24, 2.45) is 0 Å². The van der Waals surface area contributed by atoms with E-state index in [-0.39, 0.29) is 12.2 Å². The van der Waals surface area contributed by atoms with Gasteiger partial charge < -0.3 is 10.2 Å². The van der Waals surface area contributed by atoms with Crippen molar-refractivity contribution in [3.8, 4) is 0 Å². The third kappa shape index (κ3) is 6.96. The second kappa shape index (κ2) is 10.9. The molecule has 0 spiro atoms. The summed E-state index contributed by atoms with van der Waals surface area (Å²) in [7, 11) is -4.13. The van der Waals surface area contributed by atoms with Crippen LogP contribution in [0.4, 0.5) is 18.9 Å². The van der Waals surface area contributed by atoms with Gasteiger partial charge in [-0.15, -0.1) is 0 Å². The van der Waals surface area contributed by atoms with Gasteiger partial charge in [0, 0.05) is 13.1 Å². The topological polar surface area (TPSA) is 86.8 Å². The van der Waals surface area contributed by atoms with Crippen LogP contribution < -0.4 is 9.62 Å². The predicted molar refractivity (Wildman–Crippen MR) is 124 cm³/mol. The second-order valence-electron chi connectivity index (χ2n) is 7.84. The molecule has 0 aromatic heterocycles. The second-order valence-corrected chi connectivity index (χ2v) is 9.74. The van der Waals surface area contributed by atoms with Crippen LogP contribution in [0, 0.1) is 6.92 Å². The third-order valence-corrected chi connectivity index (χ3v) is 6.40. The van der Waals surface area contributed by atoms with Crippen molar-refractivity contribution in [1.82, 2.24) is 10.2 Å². The number of likely N-dealkylation sites (N-methyl/N-ethyl adjacent to an activating group) is 1. The number of benzene rings is 2. The molecule has 0 saturated heterocycles. The van der Waals surface area contributed by atoms with Gasteiger partial charge in [-0.05, 0) is 50.1 Å². The Morgan fingerprint density at radius 3 is 2.29 bits per heavy atom. The van der Waals surface area contributed by atoms with Crippen molar-refractivity contribution in [3.05, 3.63) is 65.2 Å². The van der Waals surface area contributed by atoms with Crippen molar-refractivity contribution in [2.45, 2.75) is 39.5 Å². The molecule has 0 aliphatic rings. The largest absolute Gasteiger partial charge is 0.416 e. The highest BCUT2D eigenvalue weighted by Crippen LogP contribution is 2.32. The monoisotopic (exact) mass is 499 g/mol. The normalized spacial score (nSPS) is 12.7. The molecule has 0 fully saturated rings. The van der Waals surface area contributed by atoms with E-state index in [4.69, 9.17) is 0 Å². The zero-order valence-electron chi connectivity index (χ0n) is 19.4. The van der Waals surface area contributed by atoms with Gasteiger partial charge >= 0.3 is 6.18 Å². The molecule has 1 unspecified atom stereocenters. The highest BCUT2D eigenvalue weighted by molar-refractivity contribution is 7.92. The lowest BCUT2D eigenvalue weighted by atomic mass is 10.1. The van der Waals surface area contributed by atoms with Gasteiger partial charge in [-0.1, -0.05) is 30.3 Å². The molecule has 0 bridgehead atoms. The molecule has 0 aliphatic carbocycles. The van der Waals surface area contributed by atoms with Gasteiger partial charge in [0.25, 0.3) is 0 Å². The number of hydrogen-bond donors (Lipinski definition) is 1. The summed E-state index contributed by atoms with van der Waals surface area (Å²) in [6, 6.07) is 9.99. The lowest BCUT2D eigenvalue weighted by molar-refractivity contribution is -0.139. The molecule has 2 amide bonds. The van der Waals surface area contributed by atoms with E-state index < -0.39 is 46.2 Å². The molecule has 0 radical (unpaired) electrons. The first-order valence-electron chi connectivity index (χ1n) is 10.5. The molecule has 0 heterocycles. The Hall–Kier alpha value is -3.08. The molecular weight excluding hydrogens is 471 g/mol. The van der Waals surface area contributed by atoms with Gasteiger partial charge in [-0.25, -0.2) is 8.42 Å². The number of nitrogens with zero attached hydrogens (tertiary/aromatic N) is 2. The standard InChI is InChI=1S/C23H28F3N3O4S/c1-5-27-22(31)17(3)28(14-18-10-7-6-9-16(18)2)21(30)15-29(34(4,32)33)20-12-8-11-19(13-20)23(24,25)26/h6-13,17H,5,14-15H2,1-4H3,(H,27,31). The van der Waals surface area contributed by atoms with Crippen molar-refractivity contribution in [1.29, 1.82) is 0 Å². The Morgan fingerprint density at radius 1 is 1.09 bits per heavy atom. The number of halogens is 3. The number of alkyl halides is 3. The number of anilines is 1. The summed E-state index contributed by atoms with van der Waals surface area (Å²) < 4.78 is 65.1.